The summed E-state index contributed by atoms with van der Waals surface area (Å²) in [5, 5.41) is 6.78. The van der Waals surface area contributed by atoms with Crippen molar-refractivity contribution < 1.29 is 0 Å². The molecule has 1 spiro atoms. The molecule has 8 aromatic carbocycles. The van der Waals surface area contributed by atoms with E-state index >= 15 is 0 Å². The van der Waals surface area contributed by atoms with Crippen LogP contribution in [-0.2, 0) is 5.41 Å². The zero-order valence-electron chi connectivity index (χ0n) is 32.1. The third kappa shape index (κ3) is 4.67. The number of para-hydroxylation sites is 3. The van der Waals surface area contributed by atoms with Crippen LogP contribution in [0.3, 0.4) is 0 Å². The lowest BCUT2D eigenvalue weighted by atomic mass is 9.62. The fourth-order valence-electron chi connectivity index (χ4n) is 10.5. The molecule has 0 radical (unpaired) electrons. The molecule has 9 aromatic rings. The van der Waals surface area contributed by atoms with E-state index in [9.17, 15) is 0 Å². The number of dihydropyridines is 1. The van der Waals surface area contributed by atoms with Gasteiger partial charge in [-0.2, -0.15) is 0 Å². The Kier molecular flexibility index (Phi) is 7.50. The van der Waals surface area contributed by atoms with Crippen molar-refractivity contribution in [2.45, 2.75) is 18.4 Å². The zero-order chi connectivity index (χ0) is 38.4. The summed E-state index contributed by atoms with van der Waals surface area (Å²) in [4.78, 5) is 5.64. The number of aliphatic imine (C=N–C) groups is 1. The molecule has 0 N–H and O–H groups in total. The van der Waals surface area contributed by atoms with Gasteiger partial charge in [-0.25, -0.2) is 0 Å². The summed E-state index contributed by atoms with van der Waals surface area (Å²) in [6.45, 7) is 2.36. The van der Waals surface area contributed by atoms with E-state index in [1.165, 1.54) is 82.4 Å². The highest BCUT2D eigenvalue weighted by atomic mass is 31.1. The maximum Gasteiger partial charge on any atom is 0.0822 e. The van der Waals surface area contributed by atoms with Crippen LogP contribution < -0.4 is 15.9 Å². The predicted molar refractivity (Wildman–Crippen MR) is 244 cm³/mol. The van der Waals surface area contributed by atoms with Gasteiger partial charge in [-0.05, 0) is 92.6 Å². The summed E-state index contributed by atoms with van der Waals surface area (Å²) in [7, 11) is -0.916. The highest BCUT2D eigenvalue weighted by molar-refractivity contribution is 7.80. The first-order chi connectivity index (χ1) is 28.7. The Labute approximate surface area is 340 Å². The fourth-order valence-corrected chi connectivity index (χ4v) is 13.3. The third-order valence-electron chi connectivity index (χ3n) is 12.9. The van der Waals surface area contributed by atoms with Crippen molar-refractivity contribution in [1.29, 1.82) is 0 Å². The van der Waals surface area contributed by atoms with Crippen LogP contribution >= 0.6 is 7.92 Å². The first kappa shape index (κ1) is 33.5. The van der Waals surface area contributed by atoms with E-state index in [0.29, 0.717) is 0 Å². The number of allylic oxidation sites excluding steroid dienone is 1. The zero-order valence-corrected chi connectivity index (χ0v) is 33.0. The van der Waals surface area contributed by atoms with Crippen molar-refractivity contribution in [2.75, 3.05) is 0 Å². The van der Waals surface area contributed by atoms with E-state index in [1.807, 2.05) is 0 Å². The largest absolute Gasteiger partial charge is 0.309 e. The number of aromatic nitrogens is 1. The minimum Gasteiger partial charge on any atom is -0.309 e. The lowest BCUT2D eigenvalue weighted by Crippen LogP contribution is -2.47. The minimum absolute atomic E-state index is 0.0638. The minimum atomic E-state index is -0.916. The second kappa shape index (κ2) is 13.0. The summed E-state index contributed by atoms with van der Waals surface area (Å²) >= 11 is 0. The molecule has 0 saturated heterocycles. The number of benzene rings is 8. The first-order valence-electron chi connectivity index (χ1n) is 20.3. The molecular weight excluding hydrogens is 720 g/mol. The van der Waals surface area contributed by atoms with Gasteiger partial charge in [0.25, 0.3) is 0 Å². The standard InChI is InChI=1S/C55H39N2P/c1-36-43(37-18-5-2-6-19-37)35-48(38-20-7-3-8-21-38)56-53(36)39-32-33-46-52(34-39)58(40-22-9-4-10-23-40)51-31-16-13-27-45(51)55(46)44-26-12-15-30-50(44)57-49-29-14-11-24-41(49)42-25-17-28-47(55)54(42)57/h2-36,53H,1H3/t36?,53?,55?,58-/m1/s1. The number of hydrogen-bond acceptors (Lipinski definition) is 1. The van der Waals surface area contributed by atoms with Crippen LogP contribution in [0.2, 0.25) is 0 Å². The monoisotopic (exact) mass is 758 g/mol. The Morgan fingerprint density at radius 3 is 1.95 bits per heavy atom. The third-order valence-corrected chi connectivity index (χ3v) is 15.5. The molecule has 3 unspecified atom stereocenters. The Bertz CT molecular complexity index is 3140. The van der Waals surface area contributed by atoms with Crippen molar-refractivity contribution in [1.82, 2.24) is 4.57 Å². The van der Waals surface area contributed by atoms with Crippen molar-refractivity contribution >= 4 is 56.9 Å². The van der Waals surface area contributed by atoms with Crippen molar-refractivity contribution in [2.24, 2.45) is 10.9 Å². The molecule has 12 rings (SSSR count). The molecule has 274 valence electrons. The molecule has 1 aromatic heterocycles. The first-order valence-corrected chi connectivity index (χ1v) is 21.7. The van der Waals surface area contributed by atoms with Gasteiger partial charge in [-0.15, -0.1) is 0 Å². The molecule has 4 atom stereocenters. The molecule has 3 heteroatoms. The summed E-state index contributed by atoms with van der Waals surface area (Å²) in [6, 6.07) is 74.7. The summed E-state index contributed by atoms with van der Waals surface area (Å²) < 4.78 is 2.53. The quantitative estimate of drug-likeness (QED) is 0.159. The van der Waals surface area contributed by atoms with E-state index in [-0.39, 0.29) is 12.0 Å². The van der Waals surface area contributed by atoms with Gasteiger partial charge in [-0.3, -0.25) is 4.99 Å². The Hall–Kier alpha value is -6.60. The lowest BCUT2D eigenvalue weighted by molar-refractivity contribution is 0.579. The molecule has 0 saturated carbocycles. The highest BCUT2D eigenvalue weighted by Gasteiger charge is 2.51. The van der Waals surface area contributed by atoms with Gasteiger partial charge in [-0.1, -0.05) is 189 Å². The van der Waals surface area contributed by atoms with Crippen LogP contribution in [0, 0.1) is 5.92 Å². The molecule has 0 aliphatic carbocycles. The molecule has 0 amide bonds. The second-order valence-electron chi connectivity index (χ2n) is 15.9. The molecule has 3 aliphatic rings. The van der Waals surface area contributed by atoms with Crippen molar-refractivity contribution in [3.8, 4) is 5.69 Å². The topological polar surface area (TPSA) is 17.3 Å². The highest BCUT2D eigenvalue weighted by Crippen LogP contribution is 2.58. The van der Waals surface area contributed by atoms with Gasteiger partial charge in [0.1, 0.15) is 0 Å². The molecule has 4 heterocycles. The lowest BCUT2D eigenvalue weighted by Gasteiger charge is -2.48. The Morgan fingerprint density at radius 2 is 1.14 bits per heavy atom. The van der Waals surface area contributed by atoms with Crippen LogP contribution in [0.15, 0.2) is 211 Å². The molecule has 58 heavy (non-hydrogen) atoms. The molecular formula is C55H39N2P. The van der Waals surface area contributed by atoms with Crippen LogP contribution in [0.4, 0.5) is 0 Å². The van der Waals surface area contributed by atoms with Crippen molar-refractivity contribution in [3.63, 3.8) is 0 Å². The van der Waals surface area contributed by atoms with Gasteiger partial charge in [0.2, 0.25) is 0 Å². The number of fused-ring (bicyclic) bond motifs is 11. The molecule has 2 nitrogen and oxygen atoms in total. The summed E-state index contributed by atoms with van der Waals surface area (Å²) in [6.07, 6.45) is 2.32. The Morgan fingerprint density at radius 1 is 0.517 bits per heavy atom. The second-order valence-corrected chi connectivity index (χ2v) is 18.0. The van der Waals surface area contributed by atoms with E-state index in [0.717, 1.165) is 11.3 Å². The van der Waals surface area contributed by atoms with E-state index in [4.69, 9.17) is 4.99 Å². The van der Waals surface area contributed by atoms with Gasteiger partial charge < -0.3 is 4.57 Å². The maximum absolute atomic E-state index is 5.64. The average molecular weight is 759 g/mol. The molecule has 0 fully saturated rings. The summed E-state index contributed by atoms with van der Waals surface area (Å²) in [5.74, 6) is 0.167. The van der Waals surface area contributed by atoms with Crippen LogP contribution in [0.5, 0.6) is 0 Å². The van der Waals surface area contributed by atoms with E-state index in [1.54, 1.807) is 0 Å². The normalized spacial score (nSPS) is 20.3. The SMILES string of the molecule is CC1C(c2ccccc2)=CC(c2ccccc2)=NC1c1ccc2c(c1)[P@](c1ccccc1)c1ccccc1C21c2ccccc2-n2c3ccccc3c3cccc1c32. The number of rotatable bonds is 4. The van der Waals surface area contributed by atoms with Gasteiger partial charge >= 0.3 is 0 Å². The fraction of sp³-hybridized carbons (Fsp3) is 0.0727. The van der Waals surface area contributed by atoms with E-state index in [2.05, 4.69) is 218 Å². The molecule has 0 bridgehead atoms. The van der Waals surface area contributed by atoms with Gasteiger partial charge in [0.05, 0.1) is 33.9 Å². The summed E-state index contributed by atoms with van der Waals surface area (Å²) in [5.41, 5.74) is 14.7. The maximum atomic E-state index is 5.64. The smallest absolute Gasteiger partial charge is 0.0822 e. The van der Waals surface area contributed by atoms with Crippen LogP contribution in [0.1, 0.15) is 51.9 Å². The molecule has 3 aliphatic heterocycles. The Balaban J connectivity index is 1.17. The predicted octanol–water partition coefficient (Wildman–Crippen LogP) is 11.8. The average Bonchev–Trinajstić information content (AvgIpc) is 3.64. The van der Waals surface area contributed by atoms with Crippen LogP contribution in [0.25, 0.3) is 33.1 Å². The van der Waals surface area contributed by atoms with Gasteiger partial charge in [0.15, 0.2) is 0 Å². The van der Waals surface area contributed by atoms with Gasteiger partial charge in [0, 0.05) is 16.7 Å². The number of nitrogens with zero attached hydrogens (tertiary/aromatic N) is 2. The van der Waals surface area contributed by atoms with E-state index < -0.39 is 13.3 Å². The van der Waals surface area contributed by atoms with Crippen LogP contribution in [-0.4, -0.2) is 10.3 Å². The number of hydrogen-bond donors (Lipinski definition) is 0. The van der Waals surface area contributed by atoms with Crippen molar-refractivity contribution in [3.05, 3.63) is 245 Å².